The van der Waals surface area contributed by atoms with Gasteiger partial charge in [-0.3, -0.25) is 19.7 Å². The zero-order chi connectivity index (χ0) is 14.6. The predicted molar refractivity (Wildman–Crippen MR) is 69.2 cm³/mol. The van der Waals surface area contributed by atoms with E-state index in [1.807, 2.05) is 6.92 Å². The molecule has 0 saturated carbocycles. The summed E-state index contributed by atoms with van der Waals surface area (Å²) in [5, 5.41) is 13.5. The minimum atomic E-state index is -1.18. The van der Waals surface area contributed by atoms with Gasteiger partial charge >= 0.3 is 0 Å². The lowest BCUT2D eigenvalue weighted by Gasteiger charge is -2.18. The number of hydrogen-bond acceptors (Lipinski definition) is 4. The van der Waals surface area contributed by atoms with Crippen LogP contribution in [0.2, 0.25) is 0 Å². The first kappa shape index (κ1) is 15.0. The maximum atomic E-state index is 11.9. The highest BCUT2D eigenvalue weighted by atomic mass is 16.6. The summed E-state index contributed by atoms with van der Waals surface area (Å²) in [4.78, 5) is 37.6. The van der Waals surface area contributed by atoms with E-state index in [9.17, 15) is 19.7 Å². The van der Waals surface area contributed by atoms with E-state index in [-0.39, 0.29) is 17.0 Å². The van der Waals surface area contributed by atoms with Crippen molar-refractivity contribution in [3.63, 3.8) is 0 Å². The summed E-state index contributed by atoms with van der Waals surface area (Å²) in [5.41, 5.74) is -0.0446. The Kier molecular flexibility index (Phi) is 4.91. The fourth-order valence-electron chi connectivity index (χ4n) is 1.97. The van der Waals surface area contributed by atoms with E-state index in [2.05, 4.69) is 10.3 Å². The molecule has 104 valence electrons. The monoisotopic (exact) mass is 267 g/mol. The molecule has 19 heavy (non-hydrogen) atoms. The van der Waals surface area contributed by atoms with Crippen molar-refractivity contribution in [1.29, 1.82) is 0 Å². The molecule has 0 unspecified atom stereocenters. The lowest BCUT2D eigenvalue weighted by molar-refractivity contribution is -0.416. The zero-order valence-corrected chi connectivity index (χ0v) is 11.2. The lowest BCUT2D eigenvalue weighted by atomic mass is 9.92. The topological polar surface area (TPSA) is 102 Å². The molecule has 7 heteroatoms. The molecule has 1 aliphatic heterocycles. The first-order chi connectivity index (χ1) is 8.90. The number of nitro groups is 1. The van der Waals surface area contributed by atoms with E-state index in [1.54, 1.807) is 0 Å². The van der Waals surface area contributed by atoms with E-state index in [0.29, 0.717) is 6.54 Å². The van der Waals surface area contributed by atoms with Gasteiger partial charge in [-0.1, -0.05) is 13.3 Å². The third-order valence-electron chi connectivity index (χ3n) is 2.95. The van der Waals surface area contributed by atoms with Crippen molar-refractivity contribution in [1.82, 2.24) is 5.32 Å². The highest BCUT2D eigenvalue weighted by molar-refractivity contribution is 6.14. The molecule has 2 amide bonds. The second-order valence-electron chi connectivity index (χ2n) is 4.40. The fraction of sp³-hybridized carbons (Fsp3) is 0.583. The SMILES string of the molecule is CCCCNC(=O)[C@H]1C(=O)N=C(C)C([N+](=O)[O-])=C1C. The average Bonchev–Trinajstić information content (AvgIpc) is 2.27. The Labute approximate surface area is 110 Å². The van der Waals surface area contributed by atoms with Crippen molar-refractivity contribution in [3.05, 3.63) is 21.4 Å². The molecule has 1 N–H and O–H groups in total. The Bertz CT molecular complexity index is 479. The number of aliphatic imine (C=N–C) groups is 1. The van der Waals surface area contributed by atoms with Crippen molar-refractivity contribution in [3.8, 4) is 0 Å². The number of carbonyl (C=O) groups excluding carboxylic acids is 2. The molecule has 1 rings (SSSR count). The highest BCUT2D eigenvalue weighted by Gasteiger charge is 2.38. The van der Waals surface area contributed by atoms with Gasteiger partial charge in [-0.25, -0.2) is 4.99 Å². The molecule has 0 fully saturated rings. The molecule has 0 saturated heterocycles. The van der Waals surface area contributed by atoms with Crippen LogP contribution in [0, 0.1) is 16.0 Å². The molecule has 0 aliphatic carbocycles. The van der Waals surface area contributed by atoms with Crippen LogP contribution >= 0.6 is 0 Å². The molecule has 1 atom stereocenters. The van der Waals surface area contributed by atoms with E-state index >= 15 is 0 Å². The molecule has 0 bridgehead atoms. The Morgan fingerprint density at radius 3 is 2.63 bits per heavy atom. The van der Waals surface area contributed by atoms with Crippen LogP contribution in [0.15, 0.2) is 16.3 Å². The fourth-order valence-corrected chi connectivity index (χ4v) is 1.97. The molecule has 0 spiro atoms. The van der Waals surface area contributed by atoms with Gasteiger partial charge in [-0.05, 0) is 20.3 Å². The van der Waals surface area contributed by atoms with Gasteiger partial charge in [0.15, 0.2) is 0 Å². The van der Waals surface area contributed by atoms with Crippen molar-refractivity contribution in [2.75, 3.05) is 6.54 Å². The number of unbranched alkanes of at least 4 members (excludes halogenated alkanes) is 1. The molecule has 7 nitrogen and oxygen atoms in total. The predicted octanol–water partition coefficient (Wildman–Crippen LogP) is 1.07. The van der Waals surface area contributed by atoms with Gasteiger partial charge in [-0.15, -0.1) is 0 Å². The number of dihydropyridines is 1. The minimum Gasteiger partial charge on any atom is -0.355 e. The van der Waals surface area contributed by atoms with Crippen LogP contribution in [0.1, 0.15) is 33.6 Å². The first-order valence-electron chi connectivity index (χ1n) is 6.12. The second kappa shape index (κ2) is 6.21. The second-order valence-corrected chi connectivity index (χ2v) is 4.40. The minimum absolute atomic E-state index is 0.0464. The third kappa shape index (κ3) is 3.24. The summed E-state index contributed by atoms with van der Waals surface area (Å²) in [5.74, 6) is -2.35. The summed E-state index contributed by atoms with van der Waals surface area (Å²) < 4.78 is 0. The number of allylic oxidation sites excluding steroid dienone is 1. The smallest absolute Gasteiger partial charge is 0.290 e. The number of nitrogens with zero attached hydrogens (tertiary/aromatic N) is 2. The van der Waals surface area contributed by atoms with E-state index in [1.165, 1.54) is 13.8 Å². The van der Waals surface area contributed by atoms with Gasteiger partial charge < -0.3 is 5.32 Å². The van der Waals surface area contributed by atoms with Crippen LogP contribution in [0.25, 0.3) is 0 Å². The number of rotatable bonds is 5. The standard InChI is InChI=1S/C12H17N3O4/c1-4-5-6-13-11(16)9-7(2)10(15(18)19)8(3)14-12(9)17/h9H,4-6H2,1-3H3,(H,13,16)/t9-/m0/s1. The number of hydrogen-bond donors (Lipinski definition) is 1. The summed E-state index contributed by atoms with van der Waals surface area (Å²) >= 11 is 0. The van der Waals surface area contributed by atoms with Gasteiger partial charge in [0.1, 0.15) is 11.6 Å². The molecular weight excluding hydrogens is 250 g/mol. The number of nitrogens with one attached hydrogen (secondary N) is 1. The molecule has 0 radical (unpaired) electrons. The number of amides is 2. The zero-order valence-electron chi connectivity index (χ0n) is 11.2. The van der Waals surface area contributed by atoms with Crippen LogP contribution in [-0.4, -0.2) is 29.0 Å². The van der Waals surface area contributed by atoms with E-state index in [4.69, 9.17) is 0 Å². The summed E-state index contributed by atoms with van der Waals surface area (Å²) in [6, 6.07) is 0. The summed E-state index contributed by atoms with van der Waals surface area (Å²) in [6.45, 7) is 5.24. The third-order valence-corrected chi connectivity index (χ3v) is 2.95. The van der Waals surface area contributed by atoms with Gasteiger partial charge in [-0.2, -0.15) is 0 Å². The Morgan fingerprint density at radius 1 is 1.47 bits per heavy atom. The van der Waals surface area contributed by atoms with Crippen molar-refractivity contribution in [2.24, 2.45) is 10.9 Å². The van der Waals surface area contributed by atoms with Gasteiger partial charge in [0.25, 0.3) is 11.6 Å². The van der Waals surface area contributed by atoms with E-state index in [0.717, 1.165) is 12.8 Å². The normalized spacial score (nSPS) is 19.2. The van der Waals surface area contributed by atoms with E-state index < -0.39 is 22.7 Å². The van der Waals surface area contributed by atoms with Crippen molar-refractivity contribution < 1.29 is 14.5 Å². The highest BCUT2D eigenvalue weighted by Crippen LogP contribution is 2.23. The average molecular weight is 267 g/mol. The van der Waals surface area contributed by atoms with Gasteiger partial charge in [0.2, 0.25) is 5.91 Å². The maximum absolute atomic E-state index is 11.9. The van der Waals surface area contributed by atoms with Gasteiger partial charge in [0.05, 0.1) is 4.92 Å². The van der Waals surface area contributed by atoms with Crippen molar-refractivity contribution >= 4 is 17.5 Å². The molecule has 1 aliphatic rings. The van der Waals surface area contributed by atoms with Gasteiger partial charge in [0, 0.05) is 12.1 Å². The van der Waals surface area contributed by atoms with Crippen LogP contribution < -0.4 is 5.32 Å². The maximum Gasteiger partial charge on any atom is 0.290 e. The lowest BCUT2D eigenvalue weighted by Crippen LogP contribution is -2.39. The summed E-state index contributed by atoms with van der Waals surface area (Å²) in [6.07, 6.45) is 1.70. The Hall–Kier alpha value is -2.05. The largest absolute Gasteiger partial charge is 0.355 e. The van der Waals surface area contributed by atoms with Crippen LogP contribution in [0.3, 0.4) is 0 Å². The van der Waals surface area contributed by atoms with Crippen LogP contribution in [0.4, 0.5) is 0 Å². The van der Waals surface area contributed by atoms with Crippen molar-refractivity contribution in [2.45, 2.75) is 33.6 Å². The molecule has 1 heterocycles. The Balaban J connectivity index is 2.98. The first-order valence-corrected chi connectivity index (χ1v) is 6.12. The molecule has 0 aromatic carbocycles. The van der Waals surface area contributed by atoms with Crippen LogP contribution in [0.5, 0.6) is 0 Å². The molecular formula is C12H17N3O4. The molecule has 0 aromatic rings. The van der Waals surface area contributed by atoms with Crippen LogP contribution in [-0.2, 0) is 9.59 Å². The quantitative estimate of drug-likeness (QED) is 0.348. The number of carbonyl (C=O) groups is 2. The summed E-state index contributed by atoms with van der Waals surface area (Å²) in [7, 11) is 0. The Morgan fingerprint density at radius 2 is 2.11 bits per heavy atom. The molecule has 0 aromatic heterocycles.